The molecule has 0 spiro atoms. The van der Waals surface area contributed by atoms with Gasteiger partial charge in [0.1, 0.15) is 11.7 Å². The Kier molecular flexibility index (Phi) is 11.7. The van der Waals surface area contributed by atoms with Gasteiger partial charge in [-0.05, 0) is 92.3 Å². The van der Waals surface area contributed by atoms with Gasteiger partial charge in [-0.15, -0.1) is 0 Å². The van der Waals surface area contributed by atoms with E-state index in [1.165, 1.54) is 83.1 Å². The molecule has 0 saturated heterocycles. The molecular weight excluding hydrogens is 520 g/mol. The lowest BCUT2D eigenvalue weighted by molar-refractivity contribution is -0.272. The van der Waals surface area contributed by atoms with Gasteiger partial charge in [0.05, 0.1) is 6.10 Å². The van der Waals surface area contributed by atoms with Gasteiger partial charge in [0, 0.05) is 24.5 Å². The highest BCUT2D eigenvalue weighted by Gasteiger charge is 2.68. The van der Waals surface area contributed by atoms with Crippen LogP contribution in [0.2, 0.25) is 0 Å². The van der Waals surface area contributed by atoms with Gasteiger partial charge in [0.2, 0.25) is 0 Å². The molecule has 0 aliphatic heterocycles. The number of hydrogen-bond acceptors (Lipinski definition) is 4. The van der Waals surface area contributed by atoms with Gasteiger partial charge in [0.15, 0.2) is 0 Å². The molecule has 4 fully saturated rings. The Hall–Kier alpha value is -0.870. The summed E-state index contributed by atoms with van der Waals surface area (Å²) in [6, 6.07) is 0. The molecule has 0 aromatic rings. The number of unbranched alkanes of at least 4 members (excludes halogenated alkanes) is 5. The Morgan fingerprint density at radius 3 is 2.40 bits per heavy atom. The second kappa shape index (κ2) is 14.5. The quantitative estimate of drug-likeness (QED) is 0.118. The molecule has 4 aliphatic carbocycles. The number of carbonyl (C=O) groups is 1. The predicted molar refractivity (Wildman–Crippen MR) is 173 cm³/mol. The van der Waals surface area contributed by atoms with E-state index in [2.05, 4.69) is 48.1 Å². The van der Waals surface area contributed by atoms with E-state index in [-0.39, 0.29) is 11.5 Å². The van der Waals surface area contributed by atoms with E-state index in [4.69, 9.17) is 9.47 Å². The van der Waals surface area contributed by atoms with Crippen LogP contribution in [0.4, 0.5) is 0 Å². The minimum Gasteiger partial charge on any atom is -0.456 e. The van der Waals surface area contributed by atoms with Gasteiger partial charge >= 0.3 is 5.97 Å². The summed E-state index contributed by atoms with van der Waals surface area (Å²) in [4.78, 5) is 12.7. The van der Waals surface area contributed by atoms with Crippen LogP contribution in [0.15, 0.2) is 12.7 Å². The van der Waals surface area contributed by atoms with Crippen molar-refractivity contribution in [3.63, 3.8) is 0 Å². The Morgan fingerprint density at radius 1 is 0.952 bits per heavy atom. The Labute approximate surface area is 259 Å². The van der Waals surface area contributed by atoms with E-state index in [9.17, 15) is 9.90 Å². The molecule has 0 aromatic carbocycles. The minimum atomic E-state index is -1.05. The highest BCUT2D eigenvalue weighted by Crippen LogP contribution is 2.69. The van der Waals surface area contributed by atoms with Crippen molar-refractivity contribution in [2.45, 2.75) is 169 Å². The number of aliphatic hydroxyl groups is 1. The standard InChI is InChI=1S/C38H66O4/c1-8-10-11-12-13-14-24-41-29-20-23-37(7)33-21-22-36(6)31(28(5)17-15-16-27(3)4)18-19-32(36)30(33)25-34(38(37,40)26-29)42-35(39)9-2/h9,27-34,40H,2,8,10-26H2,1,3-7H3/t28-,29+,30+,31-,32+,33+,34-,36-,37-,38+/m1/s1. The summed E-state index contributed by atoms with van der Waals surface area (Å²) in [5.41, 5.74) is -0.953. The first kappa shape index (κ1) is 34.0. The van der Waals surface area contributed by atoms with Crippen LogP contribution in [0, 0.1) is 46.3 Å². The predicted octanol–water partition coefficient (Wildman–Crippen LogP) is 9.68. The van der Waals surface area contributed by atoms with Crippen molar-refractivity contribution in [2.24, 2.45) is 46.3 Å². The average molecular weight is 587 g/mol. The normalized spacial score (nSPS) is 40.2. The lowest BCUT2D eigenvalue weighted by Gasteiger charge is -2.65. The molecule has 4 heteroatoms. The number of rotatable bonds is 15. The van der Waals surface area contributed by atoms with Crippen LogP contribution in [0.3, 0.4) is 0 Å². The van der Waals surface area contributed by atoms with Crippen LogP contribution >= 0.6 is 0 Å². The van der Waals surface area contributed by atoms with Crippen LogP contribution in [0.5, 0.6) is 0 Å². The van der Waals surface area contributed by atoms with Crippen LogP contribution in [0.1, 0.15) is 151 Å². The Bertz CT molecular complexity index is 884. The molecule has 42 heavy (non-hydrogen) atoms. The number of hydrogen-bond donors (Lipinski definition) is 1. The Balaban J connectivity index is 1.48. The van der Waals surface area contributed by atoms with Crippen LogP contribution < -0.4 is 0 Å². The summed E-state index contributed by atoms with van der Waals surface area (Å²) in [6.07, 6.45) is 20.7. The van der Waals surface area contributed by atoms with Gasteiger partial charge in [-0.2, -0.15) is 0 Å². The number of esters is 1. The van der Waals surface area contributed by atoms with Gasteiger partial charge in [-0.1, -0.05) is 99.5 Å². The third-order valence-electron chi connectivity index (χ3n) is 13.3. The van der Waals surface area contributed by atoms with Crippen LogP contribution in [0.25, 0.3) is 0 Å². The molecule has 0 bridgehead atoms. The molecule has 4 nitrogen and oxygen atoms in total. The van der Waals surface area contributed by atoms with Crippen molar-refractivity contribution in [1.82, 2.24) is 0 Å². The Morgan fingerprint density at radius 2 is 1.69 bits per heavy atom. The van der Waals surface area contributed by atoms with E-state index < -0.39 is 17.7 Å². The summed E-state index contributed by atoms with van der Waals surface area (Å²) in [7, 11) is 0. The summed E-state index contributed by atoms with van der Waals surface area (Å²) < 4.78 is 12.5. The van der Waals surface area contributed by atoms with Crippen molar-refractivity contribution in [3.05, 3.63) is 12.7 Å². The maximum Gasteiger partial charge on any atom is 0.330 e. The minimum absolute atomic E-state index is 0.0385. The lowest BCUT2D eigenvalue weighted by Crippen LogP contribution is -2.69. The maximum atomic E-state index is 12.7. The smallest absolute Gasteiger partial charge is 0.330 e. The molecule has 4 aliphatic rings. The number of ether oxygens (including phenoxy) is 2. The molecule has 0 aromatic heterocycles. The first-order valence-electron chi connectivity index (χ1n) is 18.2. The fraction of sp³-hybridized carbons (Fsp3) is 0.921. The first-order valence-corrected chi connectivity index (χ1v) is 18.2. The third kappa shape index (κ3) is 6.85. The zero-order valence-electron chi connectivity index (χ0n) is 28.3. The molecule has 0 radical (unpaired) electrons. The molecule has 1 N–H and O–H groups in total. The molecule has 10 atom stereocenters. The van der Waals surface area contributed by atoms with E-state index in [1.807, 2.05) is 0 Å². The van der Waals surface area contributed by atoms with Crippen molar-refractivity contribution in [3.8, 4) is 0 Å². The van der Waals surface area contributed by atoms with Crippen molar-refractivity contribution >= 4 is 5.97 Å². The molecular formula is C38H66O4. The van der Waals surface area contributed by atoms with E-state index >= 15 is 0 Å². The fourth-order valence-electron chi connectivity index (χ4n) is 10.8. The van der Waals surface area contributed by atoms with Crippen LogP contribution in [-0.4, -0.2) is 35.5 Å². The summed E-state index contributed by atoms with van der Waals surface area (Å²) >= 11 is 0. The second-order valence-electron chi connectivity index (χ2n) is 16.1. The number of fused-ring (bicyclic) bond motifs is 5. The topological polar surface area (TPSA) is 55.8 Å². The van der Waals surface area contributed by atoms with E-state index in [0.717, 1.165) is 50.0 Å². The van der Waals surface area contributed by atoms with Gasteiger partial charge in [0.25, 0.3) is 0 Å². The third-order valence-corrected chi connectivity index (χ3v) is 13.3. The second-order valence-corrected chi connectivity index (χ2v) is 16.1. The number of carbonyl (C=O) groups excluding carboxylic acids is 1. The zero-order chi connectivity index (χ0) is 30.5. The van der Waals surface area contributed by atoms with Crippen molar-refractivity contribution in [1.29, 1.82) is 0 Å². The highest BCUT2D eigenvalue weighted by atomic mass is 16.6. The molecule has 0 unspecified atom stereocenters. The van der Waals surface area contributed by atoms with E-state index in [1.54, 1.807) is 0 Å². The summed E-state index contributed by atoms with van der Waals surface area (Å²) in [5.74, 6) is 3.57. The van der Waals surface area contributed by atoms with E-state index in [0.29, 0.717) is 29.6 Å². The molecule has 0 amide bonds. The average Bonchev–Trinajstić information content (AvgIpc) is 3.31. The lowest BCUT2D eigenvalue weighted by atomic mass is 9.42. The molecule has 242 valence electrons. The SMILES string of the molecule is C=CC(=O)O[C@@H]1C[C@H]2[C@@H]3CC[C@H]([C@H](C)CCCC(C)C)[C@@]3(C)CC[C@@H]2[C@@]2(C)CC[C@H](OCCCCCCCC)C[C@]12O. The van der Waals surface area contributed by atoms with Gasteiger partial charge < -0.3 is 14.6 Å². The highest BCUT2D eigenvalue weighted by molar-refractivity contribution is 5.81. The van der Waals surface area contributed by atoms with Crippen LogP contribution in [-0.2, 0) is 14.3 Å². The van der Waals surface area contributed by atoms with Crippen molar-refractivity contribution in [2.75, 3.05) is 6.61 Å². The largest absolute Gasteiger partial charge is 0.456 e. The molecule has 4 saturated carbocycles. The molecule has 0 heterocycles. The summed E-state index contributed by atoms with van der Waals surface area (Å²) in [6.45, 7) is 18.9. The van der Waals surface area contributed by atoms with Gasteiger partial charge in [-0.25, -0.2) is 4.79 Å². The maximum absolute atomic E-state index is 12.7. The monoisotopic (exact) mass is 586 g/mol. The summed E-state index contributed by atoms with van der Waals surface area (Å²) in [5, 5.41) is 12.7. The fourth-order valence-corrected chi connectivity index (χ4v) is 10.8. The van der Waals surface area contributed by atoms with Gasteiger partial charge in [-0.3, -0.25) is 0 Å². The molecule has 4 rings (SSSR count). The zero-order valence-corrected chi connectivity index (χ0v) is 28.3. The van der Waals surface area contributed by atoms with Crippen molar-refractivity contribution < 1.29 is 19.4 Å². The first-order chi connectivity index (χ1) is 20.0.